The molecule has 2 atom stereocenters. The molecule has 0 radical (unpaired) electrons. The first-order valence-electron chi connectivity index (χ1n) is 9.01. The van der Waals surface area contributed by atoms with Gasteiger partial charge in [-0.05, 0) is 44.2 Å². The molecular formula is C23H23NO. The maximum Gasteiger partial charge on any atom is 0.184 e. The van der Waals surface area contributed by atoms with Crippen LogP contribution in [0.5, 0.6) is 0 Å². The highest BCUT2D eigenvalue weighted by molar-refractivity contribution is 6.09. The smallest absolute Gasteiger partial charge is 0.184 e. The first-order chi connectivity index (χ1) is 12.1. The highest BCUT2D eigenvalue weighted by Crippen LogP contribution is 2.37. The van der Waals surface area contributed by atoms with Crippen molar-refractivity contribution in [1.82, 2.24) is 0 Å². The van der Waals surface area contributed by atoms with Crippen molar-refractivity contribution in [3.63, 3.8) is 0 Å². The number of benzene rings is 1. The molecule has 1 heterocycles. The molecule has 2 unspecified atom stereocenters. The number of ketones is 1. The van der Waals surface area contributed by atoms with Crippen molar-refractivity contribution in [1.29, 1.82) is 0 Å². The van der Waals surface area contributed by atoms with E-state index < -0.39 is 0 Å². The summed E-state index contributed by atoms with van der Waals surface area (Å²) in [7, 11) is 0. The van der Waals surface area contributed by atoms with Crippen LogP contribution in [0.2, 0.25) is 0 Å². The summed E-state index contributed by atoms with van der Waals surface area (Å²) in [5.41, 5.74) is 6.99. The number of Topliss-reactive ketones (excluding diaryl/α,β-unsaturated/α-hetero) is 1. The van der Waals surface area contributed by atoms with Gasteiger partial charge in [0.25, 0.3) is 0 Å². The van der Waals surface area contributed by atoms with Gasteiger partial charge in [0.1, 0.15) is 6.04 Å². The molecule has 0 fully saturated rings. The maximum absolute atomic E-state index is 13.2. The Kier molecular flexibility index (Phi) is 4.12. The van der Waals surface area contributed by atoms with E-state index in [-0.39, 0.29) is 17.7 Å². The topological polar surface area (TPSA) is 29.4 Å². The minimum atomic E-state index is -0.287. The van der Waals surface area contributed by atoms with Gasteiger partial charge < -0.3 is 0 Å². The molecule has 0 amide bonds. The van der Waals surface area contributed by atoms with E-state index in [0.717, 1.165) is 30.5 Å². The first kappa shape index (κ1) is 16.0. The van der Waals surface area contributed by atoms with Gasteiger partial charge in [0, 0.05) is 17.2 Å². The van der Waals surface area contributed by atoms with Crippen LogP contribution in [0.15, 0.2) is 76.4 Å². The second-order valence-electron chi connectivity index (χ2n) is 7.31. The quantitative estimate of drug-likeness (QED) is 0.762. The SMILES string of the molecule is CC1=CC=C(C(=O)C2N=C(C3=CC=CC3)CC2c2ccc(C)cc2)C1. The monoisotopic (exact) mass is 329 g/mol. The molecule has 2 heteroatoms. The zero-order valence-corrected chi connectivity index (χ0v) is 14.8. The van der Waals surface area contributed by atoms with E-state index in [0.29, 0.717) is 0 Å². The number of hydrogen-bond acceptors (Lipinski definition) is 2. The summed E-state index contributed by atoms with van der Waals surface area (Å²) < 4.78 is 0. The lowest BCUT2D eigenvalue weighted by Gasteiger charge is -2.18. The van der Waals surface area contributed by atoms with Crippen LogP contribution in [0.4, 0.5) is 0 Å². The number of rotatable bonds is 4. The summed E-state index contributed by atoms with van der Waals surface area (Å²) in [4.78, 5) is 18.1. The molecule has 2 nitrogen and oxygen atoms in total. The Morgan fingerprint density at radius 1 is 1.08 bits per heavy atom. The standard InChI is InChI=1S/C23H23NO/c1-15-7-10-17(11-8-15)20-14-21(18-5-3-4-6-18)24-22(20)23(25)19-12-9-16(2)13-19/h3-5,7-12,20,22H,6,13-14H2,1-2H3. The first-order valence-corrected chi connectivity index (χ1v) is 9.01. The third-order valence-electron chi connectivity index (χ3n) is 5.36. The van der Waals surface area contributed by atoms with Crippen LogP contribution in [0.1, 0.15) is 43.2 Å². The fourth-order valence-corrected chi connectivity index (χ4v) is 3.88. The lowest BCUT2D eigenvalue weighted by Crippen LogP contribution is -2.24. The van der Waals surface area contributed by atoms with E-state index in [4.69, 9.17) is 4.99 Å². The van der Waals surface area contributed by atoms with Gasteiger partial charge in [0.15, 0.2) is 5.78 Å². The molecule has 3 aliphatic rings. The highest BCUT2D eigenvalue weighted by atomic mass is 16.1. The Morgan fingerprint density at radius 3 is 2.52 bits per heavy atom. The molecule has 1 aromatic carbocycles. The van der Waals surface area contributed by atoms with Crippen LogP contribution in [-0.4, -0.2) is 17.5 Å². The lowest BCUT2D eigenvalue weighted by molar-refractivity contribution is -0.117. The van der Waals surface area contributed by atoms with Crippen molar-refractivity contribution in [3.05, 3.63) is 82.5 Å². The third-order valence-corrected chi connectivity index (χ3v) is 5.36. The fraction of sp³-hybridized carbons (Fsp3) is 0.304. The van der Waals surface area contributed by atoms with Crippen LogP contribution in [0, 0.1) is 6.92 Å². The van der Waals surface area contributed by atoms with E-state index in [1.54, 1.807) is 0 Å². The number of aliphatic imine (C=N–C) groups is 1. The van der Waals surface area contributed by atoms with E-state index >= 15 is 0 Å². The Balaban J connectivity index is 1.65. The lowest BCUT2D eigenvalue weighted by atomic mass is 9.85. The number of aryl methyl sites for hydroxylation is 1. The van der Waals surface area contributed by atoms with Crippen LogP contribution in [0.25, 0.3) is 0 Å². The van der Waals surface area contributed by atoms with Crippen LogP contribution >= 0.6 is 0 Å². The van der Waals surface area contributed by atoms with Gasteiger partial charge in [-0.25, -0.2) is 0 Å². The second kappa shape index (κ2) is 6.44. The Bertz CT molecular complexity index is 862. The van der Waals surface area contributed by atoms with Crippen molar-refractivity contribution in [3.8, 4) is 0 Å². The van der Waals surface area contributed by atoms with E-state index in [1.807, 2.05) is 6.08 Å². The number of carbonyl (C=O) groups excluding carboxylic acids is 1. The van der Waals surface area contributed by atoms with E-state index in [1.165, 1.54) is 22.3 Å². The number of hydrogen-bond donors (Lipinski definition) is 0. The minimum absolute atomic E-state index is 0.145. The predicted octanol–water partition coefficient (Wildman–Crippen LogP) is 5.02. The maximum atomic E-state index is 13.2. The van der Waals surface area contributed by atoms with Gasteiger partial charge in [0.05, 0.1) is 0 Å². The number of nitrogens with zero attached hydrogens (tertiary/aromatic N) is 1. The largest absolute Gasteiger partial charge is 0.292 e. The van der Waals surface area contributed by atoms with Gasteiger partial charge in [-0.2, -0.15) is 0 Å². The van der Waals surface area contributed by atoms with Crippen molar-refractivity contribution < 1.29 is 4.79 Å². The zero-order valence-electron chi connectivity index (χ0n) is 14.8. The average Bonchev–Trinajstić information content (AvgIpc) is 3.35. The van der Waals surface area contributed by atoms with Gasteiger partial charge in [-0.3, -0.25) is 9.79 Å². The Labute approximate surface area is 149 Å². The molecule has 0 aromatic heterocycles. The summed E-state index contributed by atoms with van der Waals surface area (Å²) in [5.74, 6) is 0.339. The molecule has 0 saturated heterocycles. The van der Waals surface area contributed by atoms with Crippen LogP contribution < -0.4 is 0 Å². The van der Waals surface area contributed by atoms with E-state index in [9.17, 15) is 4.79 Å². The highest BCUT2D eigenvalue weighted by Gasteiger charge is 2.37. The normalized spacial score (nSPS) is 24.9. The molecule has 2 aliphatic carbocycles. The van der Waals surface area contributed by atoms with Crippen molar-refractivity contribution in [2.24, 2.45) is 4.99 Å². The Morgan fingerprint density at radius 2 is 1.88 bits per heavy atom. The molecule has 25 heavy (non-hydrogen) atoms. The molecular weight excluding hydrogens is 306 g/mol. The van der Waals surface area contributed by atoms with E-state index in [2.05, 4.69) is 62.4 Å². The average molecular weight is 329 g/mol. The summed E-state index contributed by atoms with van der Waals surface area (Å²) in [5, 5.41) is 0. The number of allylic oxidation sites excluding steroid dienone is 7. The second-order valence-corrected chi connectivity index (χ2v) is 7.31. The third kappa shape index (κ3) is 3.09. The Hall–Kier alpha value is -2.48. The molecule has 1 aromatic rings. The predicted molar refractivity (Wildman–Crippen MR) is 103 cm³/mol. The summed E-state index contributed by atoms with van der Waals surface area (Å²) in [6.07, 6.45) is 13.0. The minimum Gasteiger partial charge on any atom is -0.292 e. The van der Waals surface area contributed by atoms with Crippen LogP contribution in [-0.2, 0) is 4.79 Å². The van der Waals surface area contributed by atoms with Crippen molar-refractivity contribution >= 4 is 11.5 Å². The van der Waals surface area contributed by atoms with Crippen LogP contribution in [0.3, 0.4) is 0 Å². The molecule has 1 aliphatic heterocycles. The molecule has 0 N–H and O–H groups in total. The fourth-order valence-electron chi connectivity index (χ4n) is 3.88. The summed E-state index contributed by atoms with van der Waals surface area (Å²) in [6.45, 7) is 4.17. The van der Waals surface area contributed by atoms with Crippen molar-refractivity contribution in [2.45, 2.75) is 45.1 Å². The number of carbonyl (C=O) groups is 1. The molecule has 0 bridgehead atoms. The van der Waals surface area contributed by atoms with Crippen molar-refractivity contribution in [2.75, 3.05) is 0 Å². The molecule has 4 rings (SSSR count). The molecule has 126 valence electrons. The zero-order chi connectivity index (χ0) is 17.4. The van der Waals surface area contributed by atoms with Gasteiger partial charge in [0.2, 0.25) is 0 Å². The molecule has 0 spiro atoms. The van der Waals surface area contributed by atoms with Gasteiger partial charge in [-0.15, -0.1) is 0 Å². The van der Waals surface area contributed by atoms with Gasteiger partial charge in [-0.1, -0.05) is 65.8 Å². The molecule has 0 saturated carbocycles. The summed E-state index contributed by atoms with van der Waals surface area (Å²) >= 11 is 0. The van der Waals surface area contributed by atoms with Gasteiger partial charge >= 0.3 is 0 Å². The summed E-state index contributed by atoms with van der Waals surface area (Å²) in [6, 6.07) is 8.29.